The Hall–Kier alpha value is -2.10. The molecule has 0 saturated heterocycles. The molecule has 2 rings (SSSR count). The van der Waals surface area contributed by atoms with E-state index in [2.05, 4.69) is 10.5 Å². The van der Waals surface area contributed by atoms with Crippen molar-refractivity contribution in [2.24, 2.45) is 5.10 Å². The normalized spacial score (nSPS) is 10.3. The number of benzene rings is 1. The molecule has 17 heavy (non-hydrogen) atoms. The number of nitrogens with zero attached hydrogens (tertiary/aromatic N) is 1. The van der Waals surface area contributed by atoms with Crippen molar-refractivity contribution in [3.8, 4) is 0 Å². The fraction of sp³-hybridized carbons (Fsp3) is 0.231. The first kappa shape index (κ1) is 11.4. The van der Waals surface area contributed by atoms with Crippen molar-refractivity contribution in [1.29, 1.82) is 0 Å². The average Bonchev–Trinajstić information content (AvgIpc) is 2.64. The Kier molecular flexibility index (Phi) is 2.95. The van der Waals surface area contributed by atoms with Crippen molar-refractivity contribution in [1.82, 2.24) is 5.43 Å². The smallest absolute Gasteiger partial charge is 0.307 e. The third kappa shape index (κ3) is 2.20. The van der Waals surface area contributed by atoms with Crippen molar-refractivity contribution in [2.75, 3.05) is 0 Å². The molecule has 0 unspecified atom stereocenters. The van der Waals surface area contributed by atoms with Gasteiger partial charge in [0.1, 0.15) is 5.58 Å². The molecule has 0 saturated carbocycles. The van der Waals surface area contributed by atoms with Gasteiger partial charge in [-0.05, 0) is 26.8 Å². The minimum absolute atomic E-state index is 0.316. The maximum atomic E-state index is 11.8. The van der Waals surface area contributed by atoms with Gasteiger partial charge in [0, 0.05) is 16.7 Å². The van der Waals surface area contributed by atoms with Crippen LogP contribution in [-0.4, -0.2) is 11.6 Å². The number of carbonyl (C=O) groups is 1. The zero-order valence-electron chi connectivity index (χ0n) is 10.1. The number of carbonyl (C=O) groups excluding carboxylic acids is 1. The highest BCUT2D eigenvalue weighted by Gasteiger charge is 2.16. The highest BCUT2D eigenvalue weighted by Crippen LogP contribution is 2.24. The second kappa shape index (κ2) is 4.41. The van der Waals surface area contributed by atoms with Gasteiger partial charge in [0.2, 0.25) is 0 Å². The third-order valence-corrected chi connectivity index (χ3v) is 2.43. The van der Waals surface area contributed by atoms with Gasteiger partial charge in [-0.25, -0.2) is 5.43 Å². The predicted octanol–water partition coefficient (Wildman–Crippen LogP) is 2.87. The summed E-state index contributed by atoms with van der Waals surface area (Å²) in [5.41, 5.74) is 4.79. The Balaban J connectivity index is 2.39. The molecule has 0 spiro atoms. The first-order valence-corrected chi connectivity index (χ1v) is 5.39. The van der Waals surface area contributed by atoms with E-state index >= 15 is 0 Å². The minimum atomic E-state index is -0.320. The Morgan fingerprint density at radius 3 is 2.65 bits per heavy atom. The third-order valence-electron chi connectivity index (χ3n) is 2.43. The van der Waals surface area contributed by atoms with E-state index in [4.69, 9.17) is 4.42 Å². The summed E-state index contributed by atoms with van der Waals surface area (Å²) in [6.07, 6.45) is 0. The van der Waals surface area contributed by atoms with Gasteiger partial charge in [-0.2, -0.15) is 5.10 Å². The number of amides is 1. The van der Waals surface area contributed by atoms with Crippen molar-refractivity contribution in [3.05, 3.63) is 35.6 Å². The molecule has 1 aromatic heterocycles. The van der Waals surface area contributed by atoms with E-state index in [0.29, 0.717) is 11.3 Å². The minimum Gasteiger partial charge on any atom is -0.451 e. The summed E-state index contributed by atoms with van der Waals surface area (Å²) in [6.45, 7) is 5.49. The fourth-order valence-electron chi connectivity index (χ4n) is 1.60. The number of hydrogen-bond donors (Lipinski definition) is 1. The van der Waals surface area contributed by atoms with Gasteiger partial charge in [0.15, 0.2) is 5.76 Å². The van der Waals surface area contributed by atoms with Crippen LogP contribution in [0.5, 0.6) is 0 Å². The number of aryl methyl sites for hydroxylation is 1. The van der Waals surface area contributed by atoms with E-state index in [-0.39, 0.29) is 5.91 Å². The fourth-order valence-corrected chi connectivity index (χ4v) is 1.60. The van der Waals surface area contributed by atoms with Crippen molar-refractivity contribution in [3.63, 3.8) is 0 Å². The molecule has 0 atom stereocenters. The van der Waals surface area contributed by atoms with Crippen LogP contribution in [0, 0.1) is 6.92 Å². The molecule has 0 fully saturated rings. The second-order valence-corrected chi connectivity index (χ2v) is 4.05. The topological polar surface area (TPSA) is 54.6 Å². The monoisotopic (exact) mass is 230 g/mol. The van der Waals surface area contributed by atoms with Gasteiger partial charge < -0.3 is 4.42 Å². The molecule has 0 aliphatic heterocycles. The van der Waals surface area contributed by atoms with Crippen LogP contribution in [0.4, 0.5) is 0 Å². The second-order valence-electron chi connectivity index (χ2n) is 4.05. The summed E-state index contributed by atoms with van der Waals surface area (Å²) in [6, 6.07) is 7.56. The largest absolute Gasteiger partial charge is 0.451 e. The van der Waals surface area contributed by atoms with Crippen molar-refractivity contribution in [2.45, 2.75) is 20.8 Å². The van der Waals surface area contributed by atoms with E-state index in [1.165, 1.54) is 0 Å². The number of nitrogens with one attached hydrogen (secondary N) is 1. The lowest BCUT2D eigenvalue weighted by atomic mass is 10.1. The predicted molar refractivity (Wildman–Crippen MR) is 67.2 cm³/mol. The highest BCUT2D eigenvalue weighted by molar-refractivity contribution is 5.99. The maximum absolute atomic E-state index is 11.8. The molecule has 4 nitrogen and oxygen atoms in total. The first-order valence-electron chi connectivity index (χ1n) is 5.39. The maximum Gasteiger partial charge on any atom is 0.307 e. The molecule has 4 heteroatoms. The molecular formula is C13H14N2O2. The standard InChI is InChI=1S/C13H14N2O2/c1-8(2)14-15-13(16)12-9(3)10-6-4-5-7-11(10)17-12/h4-7H,1-3H3,(H,15,16). The van der Waals surface area contributed by atoms with Crippen LogP contribution in [0.1, 0.15) is 30.0 Å². The molecule has 2 aromatic rings. The van der Waals surface area contributed by atoms with Crippen LogP contribution in [0.3, 0.4) is 0 Å². The van der Waals surface area contributed by atoms with E-state index < -0.39 is 0 Å². The van der Waals surface area contributed by atoms with Crippen molar-refractivity contribution >= 4 is 22.6 Å². The number of furan rings is 1. The average molecular weight is 230 g/mol. The summed E-state index contributed by atoms with van der Waals surface area (Å²) >= 11 is 0. The van der Waals surface area contributed by atoms with Gasteiger partial charge >= 0.3 is 5.91 Å². The molecule has 1 aromatic carbocycles. The Morgan fingerprint density at radius 1 is 1.29 bits per heavy atom. The molecule has 0 aliphatic carbocycles. The number of hydrogen-bond acceptors (Lipinski definition) is 3. The molecule has 0 radical (unpaired) electrons. The van der Waals surface area contributed by atoms with Crippen LogP contribution in [-0.2, 0) is 0 Å². The summed E-state index contributed by atoms with van der Waals surface area (Å²) < 4.78 is 5.51. The van der Waals surface area contributed by atoms with E-state index in [9.17, 15) is 4.79 Å². The molecule has 88 valence electrons. The molecule has 0 bridgehead atoms. The zero-order valence-corrected chi connectivity index (χ0v) is 10.1. The van der Waals surface area contributed by atoms with Crippen LogP contribution < -0.4 is 5.43 Å². The zero-order chi connectivity index (χ0) is 12.4. The van der Waals surface area contributed by atoms with Gasteiger partial charge in [0.05, 0.1) is 0 Å². The van der Waals surface area contributed by atoms with Crippen LogP contribution in [0.2, 0.25) is 0 Å². The molecule has 0 aliphatic rings. The summed E-state index contributed by atoms with van der Waals surface area (Å²) in [5, 5.41) is 4.82. The van der Waals surface area contributed by atoms with Gasteiger partial charge in [-0.1, -0.05) is 18.2 Å². The van der Waals surface area contributed by atoms with Crippen molar-refractivity contribution < 1.29 is 9.21 Å². The van der Waals surface area contributed by atoms with Gasteiger partial charge in [0.25, 0.3) is 0 Å². The first-order chi connectivity index (χ1) is 8.09. The Bertz CT molecular complexity index is 592. The van der Waals surface area contributed by atoms with Crippen LogP contribution >= 0.6 is 0 Å². The van der Waals surface area contributed by atoms with E-state index in [1.54, 1.807) is 0 Å². The molecule has 1 heterocycles. The summed E-state index contributed by atoms with van der Waals surface area (Å²) in [5.74, 6) is -0.00361. The SMILES string of the molecule is CC(C)=NNC(=O)c1oc2ccccc2c1C. The van der Waals surface area contributed by atoms with E-state index in [1.807, 2.05) is 45.0 Å². The number of rotatable bonds is 2. The highest BCUT2D eigenvalue weighted by atomic mass is 16.3. The molecular weight excluding hydrogens is 216 g/mol. The lowest BCUT2D eigenvalue weighted by Gasteiger charge is -1.97. The summed E-state index contributed by atoms with van der Waals surface area (Å²) in [4.78, 5) is 11.8. The number of fused-ring (bicyclic) bond motifs is 1. The summed E-state index contributed by atoms with van der Waals surface area (Å²) in [7, 11) is 0. The Labute approximate surface area is 99.3 Å². The van der Waals surface area contributed by atoms with Gasteiger partial charge in [-0.15, -0.1) is 0 Å². The molecule has 1 N–H and O–H groups in total. The Morgan fingerprint density at radius 2 is 2.00 bits per heavy atom. The van der Waals surface area contributed by atoms with Crippen LogP contribution in [0.15, 0.2) is 33.8 Å². The van der Waals surface area contributed by atoms with Crippen LogP contribution in [0.25, 0.3) is 11.0 Å². The number of para-hydroxylation sites is 1. The number of hydrazone groups is 1. The quantitative estimate of drug-likeness (QED) is 0.637. The lowest BCUT2D eigenvalue weighted by Crippen LogP contribution is -2.18. The van der Waals surface area contributed by atoms with E-state index in [0.717, 1.165) is 16.7 Å². The van der Waals surface area contributed by atoms with Gasteiger partial charge in [-0.3, -0.25) is 4.79 Å². The molecule has 1 amide bonds. The lowest BCUT2D eigenvalue weighted by molar-refractivity contribution is 0.0928.